The Labute approximate surface area is 131 Å². The molecule has 1 heterocycles. The zero-order valence-corrected chi connectivity index (χ0v) is 13.2. The van der Waals surface area contributed by atoms with Gasteiger partial charge in [0.2, 0.25) is 0 Å². The lowest BCUT2D eigenvalue weighted by molar-refractivity contribution is 0.0289. The molecule has 5 atom stereocenters. The maximum atomic E-state index is 10.8. The van der Waals surface area contributed by atoms with Crippen LogP contribution in [-0.4, -0.2) is 23.2 Å². The molecule has 1 aliphatic heterocycles. The highest BCUT2D eigenvalue weighted by Gasteiger charge is 2.68. The standard InChI is InChI=1S/C19H23NO2/c1-18(2)12-7-8-19(18,15(21)10-12)17-20-16-13-6-4-3-5-11(13)9-14(16)22-17/h3-6,12,14-16,21H,7-10H2,1-2H3/t12-,14+,15-,16-,19+/m1/s1. The molecule has 5 rings (SSSR count). The summed E-state index contributed by atoms with van der Waals surface area (Å²) in [5.41, 5.74) is 2.52. The average Bonchev–Trinajstić information content (AvgIpc) is 3.15. The Bertz CT molecular complexity index is 680. The Morgan fingerprint density at radius 2 is 2.09 bits per heavy atom. The summed E-state index contributed by atoms with van der Waals surface area (Å²) in [7, 11) is 0. The molecular weight excluding hydrogens is 274 g/mol. The molecule has 2 fully saturated rings. The summed E-state index contributed by atoms with van der Waals surface area (Å²) < 4.78 is 6.37. The van der Waals surface area contributed by atoms with E-state index >= 15 is 0 Å². The number of ether oxygens (including phenoxy) is 1. The van der Waals surface area contributed by atoms with Crippen molar-refractivity contribution in [3.8, 4) is 0 Å². The molecule has 2 bridgehead atoms. The SMILES string of the molecule is CC1(C)[C@@H]2CC[C@@]1(C1=N[C@@H]3c4ccccc4C[C@@H]3O1)[C@H](O)C2. The van der Waals surface area contributed by atoms with Crippen molar-refractivity contribution >= 4 is 5.90 Å². The van der Waals surface area contributed by atoms with Crippen LogP contribution in [0.3, 0.4) is 0 Å². The third-order valence-electron chi connectivity index (χ3n) is 7.18. The van der Waals surface area contributed by atoms with Crippen LogP contribution in [0.4, 0.5) is 0 Å². The van der Waals surface area contributed by atoms with Gasteiger partial charge in [-0.25, -0.2) is 4.99 Å². The van der Waals surface area contributed by atoms with Crippen molar-refractivity contribution in [2.45, 2.75) is 57.8 Å². The van der Waals surface area contributed by atoms with Gasteiger partial charge in [-0.1, -0.05) is 38.1 Å². The summed E-state index contributed by atoms with van der Waals surface area (Å²) in [4.78, 5) is 5.02. The molecule has 0 aromatic heterocycles. The quantitative estimate of drug-likeness (QED) is 0.864. The Morgan fingerprint density at radius 3 is 2.82 bits per heavy atom. The van der Waals surface area contributed by atoms with E-state index in [1.54, 1.807) is 0 Å². The first-order chi connectivity index (χ1) is 10.5. The van der Waals surface area contributed by atoms with Gasteiger partial charge >= 0.3 is 0 Å². The Kier molecular flexibility index (Phi) is 2.35. The van der Waals surface area contributed by atoms with E-state index in [4.69, 9.17) is 9.73 Å². The zero-order valence-electron chi connectivity index (χ0n) is 13.2. The molecule has 1 aromatic carbocycles. The van der Waals surface area contributed by atoms with Gasteiger partial charge in [0.15, 0.2) is 5.90 Å². The lowest BCUT2D eigenvalue weighted by Crippen LogP contribution is -2.46. The van der Waals surface area contributed by atoms with Crippen molar-refractivity contribution in [2.24, 2.45) is 21.7 Å². The summed E-state index contributed by atoms with van der Waals surface area (Å²) in [6, 6.07) is 8.69. The molecule has 1 N–H and O–H groups in total. The molecule has 0 unspecified atom stereocenters. The minimum Gasteiger partial charge on any atom is -0.474 e. The van der Waals surface area contributed by atoms with Gasteiger partial charge in [-0.15, -0.1) is 0 Å². The fourth-order valence-corrected chi connectivity index (χ4v) is 5.77. The third kappa shape index (κ3) is 1.31. The predicted molar refractivity (Wildman–Crippen MR) is 84.8 cm³/mol. The van der Waals surface area contributed by atoms with Gasteiger partial charge in [0.25, 0.3) is 0 Å². The zero-order chi connectivity index (χ0) is 15.1. The maximum absolute atomic E-state index is 10.8. The second kappa shape index (κ2) is 3.94. The van der Waals surface area contributed by atoms with E-state index in [1.807, 2.05) is 0 Å². The smallest absolute Gasteiger partial charge is 0.193 e. The van der Waals surface area contributed by atoms with E-state index in [0.29, 0.717) is 5.92 Å². The normalized spacial score (nSPS) is 43.7. The second-order valence-corrected chi connectivity index (χ2v) is 8.12. The Balaban J connectivity index is 1.59. The Hall–Kier alpha value is -1.35. The van der Waals surface area contributed by atoms with Crippen molar-refractivity contribution in [3.05, 3.63) is 35.4 Å². The number of hydrogen-bond donors (Lipinski definition) is 1. The van der Waals surface area contributed by atoms with E-state index in [9.17, 15) is 5.11 Å². The van der Waals surface area contributed by atoms with Gasteiger partial charge in [0.1, 0.15) is 12.1 Å². The number of aliphatic imine (C=N–C) groups is 1. The highest BCUT2D eigenvalue weighted by molar-refractivity contribution is 5.87. The molecule has 22 heavy (non-hydrogen) atoms. The molecule has 4 aliphatic rings. The molecule has 0 amide bonds. The van der Waals surface area contributed by atoms with Crippen LogP contribution in [0.2, 0.25) is 0 Å². The first-order valence-corrected chi connectivity index (χ1v) is 8.55. The van der Waals surface area contributed by atoms with Gasteiger partial charge in [0.05, 0.1) is 11.5 Å². The molecule has 3 heteroatoms. The Morgan fingerprint density at radius 1 is 1.27 bits per heavy atom. The molecule has 3 nitrogen and oxygen atoms in total. The monoisotopic (exact) mass is 297 g/mol. The van der Waals surface area contributed by atoms with Gasteiger partial charge in [-0.2, -0.15) is 0 Å². The van der Waals surface area contributed by atoms with E-state index < -0.39 is 0 Å². The van der Waals surface area contributed by atoms with Crippen LogP contribution in [-0.2, 0) is 11.2 Å². The van der Waals surface area contributed by atoms with E-state index in [0.717, 1.165) is 25.2 Å². The van der Waals surface area contributed by atoms with Crippen LogP contribution in [0.25, 0.3) is 0 Å². The first kappa shape index (κ1) is 13.1. The van der Waals surface area contributed by atoms with Crippen LogP contribution in [0, 0.1) is 16.7 Å². The minimum absolute atomic E-state index is 0.0867. The number of rotatable bonds is 1. The topological polar surface area (TPSA) is 41.8 Å². The van der Waals surface area contributed by atoms with Gasteiger partial charge < -0.3 is 9.84 Å². The predicted octanol–water partition coefficient (Wildman–Crippen LogP) is 3.27. The summed E-state index contributed by atoms with van der Waals surface area (Å²) in [5.74, 6) is 1.45. The fraction of sp³-hybridized carbons (Fsp3) is 0.632. The van der Waals surface area contributed by atoms with Gasteiger partial charge in [-0.05, 0) is 41.7 Å². The first-order valence-electron chi connectivity index (χ1n) is 8.55. The number of nitrogens with zero attached hydrogens (tertiary/aromatic N) is 1. The van der Waals surface area contributed by atoms with Crippen molar-refractivity contribution in [1.29, 1.82) is 0 Å². The fourth-order valence-electron chi connectivity index (χ4n) is 5.77. The average molecular weight is 297 g/mol. The minimum atomic E-state index is -0.297. The van der Waals surface area contributed by atoms with Crippen molar-refractivity contribution < 1.29 is 9.84 Å². The molecule has 3 aliphatic carbocycles. The number of benzene rings is 1. The molecule has 0 spiro atoms. The van der Waals surface area contributed by atoms with Crippen LogP contribution in [0.1, 0.15) is 50.3 Å². The van der Waals surface area contributed by atoms with Crippen LogP contribution < -0.4 is 0 Å². The lowest BCUT2D eigenvalue weighted by Gasteiger charge is -2.39. The summed E-state index contributed by atoms with van der Waals surface area (Å²) in [5, 5.41) is 10.8. The highest BCUT2D eigenvalue weighted by Crippen LogP contribution is 2.67. The number of aliphatic hydroxyl groups excluding tert-OH is 1. The lowest BCUT2D eigenvalue weighted by atomic mass is 9.68. The molecule has 2 saturated carbocycles. The summed E-state index contributed by atoms with van der Waals surface area (Å²) >= 11 is 0. The number of hydrogen-bond acceptors (Lipinski definition) is 3. The van der Waals surface area contributed by atoms with Gasteiger partial charge in [-0.3, -0.25) is 0 Å². The van der Waals surface area contributed by atoms with Crippen molar-refractivity contribution in [3.63, 3.8) is 0 Å². The van der Waals surface area contributed by atoms with Crippen LogP contribution in [0.15, 0.2) is 29.3 Å². The van der Waals surface area contributed by atoms with E-state index in [2.05, 4.69) is 38.1 Å². The maximum Gasteiger partial charge on any atom is 0.193 e. The molecule has 0 radical (unpaired) electrons. The van der Waals surface area contributed by atoms with Crippen LogP contribution >= 0.6 is 0 Å². The second-order valence-electron chi connectivity index (χ2n) is 8.12. The molecular formula is C19H23NO2. The van der Waals surface area contributed by atoms with E-state index in [1.165, 1.54) is 17.5 Å². The van der Waals surface area contributed by atoms with Crippen molar-refractivity contribution in [2.75, 3.05) is 0 Å². The highest BCUT2D eigenvalue weighted by atomic mass is 16.5. The van der Waals surface area contributed by atoms with E-state index in [-0.39, 0.29) is 29.1 Å². The largest absolute Gasteiger partial charge is 0.474 e. The molecule has 1 aromatic rings. The number of aliphatic hydroxyl groups is 1. The molecule has 116 valence electrons. The third-order valence-corrected chi connectivity index (χ3v) is 7.18. The van der Waals surface area contributed by atoms with Gasteiger partial charge in [0, 0.05) is 6.42 Å². The van der Waals surface area contributed by atoms with Crippen molar-refractivity contribution in [1.82, 2.24) is 0 Å². The van der Waals surface area contributed by atoms with Crippen LogP contribution in [0.5, 0.6) is 0 Å². The summed E-state index contributed by atoms with van der Waals surface area (Å²) in [6.07, 6.45) is 3.91. The number of fused-ring (bicyclic) bond motifs is 5. The molecule has 0 saturated heterocycles. The summed E-state index contributed by atoms with van der Waals surface area (Å²) in [6.45, 7) is 4.60.